The van der Waals surface area contributed by atoms with Crippen molar-refractivity contribution in [1.29, 1.82) is 0 Å². The molecule has 0 aromatic carbocycles. The lowest BCUT2D eigenvalue weighted by molar-refractivity contribution is 0.122. The van der Waals surface area contributed by atoms with Crippen LogP contribution in [-0.4, -0.2) is 52.6 Å². The third-order valence-corrected chi connectivity index (χ3v) is 5.96. The van der Waals surface area contributed by atoms with Crippen molar-refractivity contribution in [3.8, 4) is 0 Å². The van der Waals surface area contributed by atoms with Gasteiger partial charge in [0, 0.05) is 32.0 Å². The van der Waals surface area contributed by atoms with Crippen molar-refractivity contribution < 1.29 is 4.74 Å². The van der Waals surface area contributed by atoms with Gasteiger partial charge in [0.2, 0.25) is 0 Å². The van der Waals surface area contributed by atoms with E-state index in [0.717, 1.165) is 57.0 Å². The molecule has 6 nitrogen and oxygen atoms in total. The maximum absolute atomic E-state index is 5.51. The number of aryl methyl sites for hydroxylation is 1. The van der Waals surface area contributed by atoms with E-state index < -0.39 is 0 Å². The van der Waals surface area contributed by atoms with Crippen LogP contribution in [0.4, 0.5) is 5.82 Å². The highest BCUT2D eigenvalue weighted by Gasteiger charge is 2.25. The van der Waals surface area contributed by atoms with Crippen molar-refractivity contribution >= 4 is 11.5 Å². The van der Waals surface area contributed by atoms with E-state index in [1.54, 1.807) is 0 Å². The quantitative estimate of drug-likeness (QED) is 0.699. The molecule has 5 rings (SSSR count). The van der Waals surface area contributed by atoms with E-state index in [1.165, 1.54) is 23.5 Å². The van der Waals surface area contributed by atoms with Crippen LogP contribution in [0.3, 0.4) is 0 Å². The second kappa shape index (κ2) is 7.53. The van der Waals surface area contributed by atoms with Gasteiger partial charge in [-0.1, -0.05) is 12.1 Å². The number of hydrogen-bond acceptors (Lipinski definition) is 5. The van der Waals surface area contributed by atoms with Gasteiger partial charge in [0.15, 0.2) is 0 Å². The van der Waals surface area contributed by atoms with Crippen LogP contribution >= 0.6 is 0 Å². The SMILES string of the molecule is CN(Cc1cn2c(N3CCOCC3)cccc2n1)[C@H]1CCCc2cccnc21. The molecule has 0 bridgehead atoms. The van der Waals surface area contributed by atoms with Crippen LogP contribution in [0.15, 0.2) is 42.7 Å². The Morgan fingerprint density at radius 2 is 2.07 bits per heavy atom. The van der Waals surface area contributed by atoms with Gasteiger partial charge in [0.1, 0.15) is 11.5 Å². The molecule has 0 N–H and O–H groups in total. The highest BCUT2D eigenvalue weighted by atomic mass is 16.5. The first-order valence-electron chi connectivity index (χ1n) is 10.2. The number of nitrogens with zero attached hydrogens (tertiary/aromatic N) is 5. The van der Waals surface area contributed by atoms with Crippen LogP contribution in [-0.2, 0) is 17.7 Å². The minimum atomic E-state index is 0.369. The Labute approximate surface area is 165 Å². The molecule has 2 aliphatic rings. The second-order valence-corrected chi connectivity index (χ2v) is 7.81. The van der Waals surface area contributed by atoms with Crippen LogP contribution < -0.4 is 4.90 Å². The maximum Gasteiger partial charge on any atom is 0.138 e. The van der Waals surface area contributed by atoms with Crippen LogP contribution in [0.1, 0.15) is 35.8 Å². The molecule has 1 aliphatic carbocycles. The summed E-state index contributed by atoms with van der Waals surface area (Å²) in [5.74, 6) is 1.20. The lowest BCUT2D eigenvalue weighted by Crippen LogP contribution is -2.37. The Balaban J connectivity index is 1.40. The zero-order valence-corrected chi connectivity index (χ0v) is 16.4. The van der Waals surface area contributed by atoms with E-state index in [0.29, 0.717) is 6.04 Å². The molecular weight excluding hydrogens is 350 g/mol. The van der Waals surface area contributed by atoms with Gasteiger partial charge in [-0.2, -0.15) is 0 Å². The molecule has 0 spiro atoms. The van der Waals surface area contributed by atoms with Crippen LogP contribution in [0, 0.1) is 0 Å². The summed E-state index contributed by atoms with van der Waals surface area (Å²) in [6.45, 7) is 4.25. The third kappa shape index (κ3) is 3.27. The van der Waals surface area contributed by atoms with Gasteiger partial charge in [0.25, 0.3) is 0 Å². The fourth-order valence-corrected chi connectivity index (χ4v) is 4.55. The van der Waals surface area contributed by atoms with E-state index in [-0.39, 0.29) is 0 Å². The van der Waals surface area contributed by atoms with Crippen molar-refractivity contribution in [1.82, 2.24) is 19.3 Å². The smallest absolute Gasteiger partial charge is 0.138 e. The van der Waals surface area contributed by atoms with Gasteiger partial charge in [0.05, 0.1) is 30.6 Å². The normalized spacial score (nSPS) is 19.9. The van der Waals surface area contributed by atoms with Crippen molar-refractivity contribution in [3.63, 3.8) is 0 Å². The zero-order valence-electron chi connectivity index (χ0n) is 16.4. The van der Waals surface area contributed by atoms with E-state index in [9.17, 15) is 0 Å². The Hall–Kier alpha value is -2.44. The van der Waals surface area contributed by atoms with Gasteiger partial charge in [-0.15, -0.1) is 0 Å². The first-order valence-corrected chi connectivity index (χ1v) is 10.2. The Kier molecular flexibility index (Phi) is 4.74. The fraction of sp³-hybridized carbons (Fsp3) is 0.455. The average molecular weight is 377 g/mol. The number of rotatable bonds is 4. The minimum absolute atomic E-state index is 0.369. The van der Waals surface area contributed by atoms with Gasteiger partial charge in [-0.25, -0.2) is 4.98 Å². The summed E-state index contributed by atoms with van der Waals surface area (Å²) < 4.78 is 7.73. The number of fused-ring (bicyclic) bond motifs is 2. The average Bonchev–Trinajstić information content (AvgIpc) is 3.16. The van der Waals surface area contributed by atoms with Gasteiger partial charge >= 0.3 is 0 Å². The van der Waals surface area contributed by atoms with Crippen molar-refractivity contribution in [2.45, 2.75) is 31.8 Å². The highest BCUT2D eigenvalue weighted by Crippen LogP contribution is 2.32. The number of anilines is 1. The molecule has 1 saturated heterocycles. The molecule has 146 valence electrons. The number of pyridine rings is 2. The standard InChI is InChI=1S/C22H27N5O/c1-25(19-7-2-5-17-6-4-10-23-22(17)19)15-18-16-27-20(24-18)8-3-9-21(27)26-11-13-28-14-12-26/h3-4,6,8-10,16,19H,2,5,7,11-15H2,1H3/t19-/m0/s1. The number of hydrogen-bond donors (Lipinski definition) is 0. The summed E-state index contributed by atoms with van der Waals surface area (Å²) in [6.07, 6.45) is 7.64. The largest absolute Gasteiger partial charge is 0.378 e. The summed E-state index contributed by atoms with van der Waals surface area (Å²) in [6, 6.07) is 11.0. The summed E-state index contributed by atoms with van der Waals surface area (Å²) in [5, 5.41) is 0. The number of imidazole rings is 1. The second-order valence-electron chi connectivity index (χ2n) is 7.81. The topological polar surface area (TPSA) is 45.9 Å². The van der Waals surface area contributed by atoms with Crippen molar-refractivity contribution in [3.05, 3.63) is 59.7 Å². The van der Waals surface area contributed by atoms with Crippen LogP contribution in [0.2, 0.25) is 0 Å². The number of morpholine rings is 1. The molecule has 1 fully saturated rings. The lowest BCUT2D eigenvalue weighted by atomic mass is 9.91. The number of aromatic nitrogens is 3. The lowest BCUT2D eigenvalue weighted by Gasteiger charge is -2.31. The molecule has 6 heteroatoms. The van der Waals surface area contributed by atoms with Crippen molar-refractivity contribution in [2.75, 3.05) is 38.3 Å². The van der Waals surface area contributed by atoms with E-state index in [1.807, 2.05) is 6.20 Å². The Morgan fingerprint density at radius 1 is 1.18 bits per heavy atom. The Bertz CT molecular complexity index is 962. The van der Waals surface area contributed by atoms with E-state index in [2.05, 4.69) is 57.8 Å². The molecule has 4 heterocycles. The van der Waals surface area contributed by atoms with Gasteiger partial charge in [-0.05, 0) is 50.1 Å². The first-order chi connectivity index (χ1) is 13.8. The molecule has 0 saturated carbocycles. The molecule has 1 aliphatic heterocycles. The van der Waals surface area contributed by atoms with Crippen LogP contribution in [0.5, 0.6) is 0 Å². The third-order valence-electron chi connectivity index (χ3n) is 5.96. The molecular formula is C22H27N5O. The first kappa shape index (κ1) is 17.6. The molecule has 0 unspecified atom stereocenters. The molecule has 3 aromatic rings. The molecule has 3 aromatic heterocycles. The summed E-state index contributed by atoms with van der Waals surface area (Å²) >= 11 is 0. The molecule has 0 amide bonds. The fourth-order valence-electron chi connectivity index (χ4n) is 4.55. The summed E-state index contributed by atoms with van der Waals surface area (Å²) in [4.78, 5) is 14.4. The van der Waals surface area contributed by atoms with E-state index >= 15 is 0 Å². The Morgan fingerprint density at radius 3 is 2.96 bits per heavy atom. The van der Waals surface area contributed by atoms with Crippen molar-refractivity contribution in [2.24, 2.45) is 0 Å². The predicted molar refractivity (Wildman–Crippen MR) is 110 cm³/mol. The minimum Gasteiger partial charge on any atom is -0.378 e. The highest BCUT2D eigenvalue weighted by molar-refractivity contribution is 5.52. The molecule has 1 atom stereocenters. The monoisotopic (exact) mass is 377 g/mol. The van der Waals surface area contributed by atoms with E-state index in [4.69, 9.17) is 14.7 Å². The summed E-state index contributed by atoms with van der Waals surface area (Å²) in [5.41, 5.74) is 4.75. The summed E-state index contributed by atoms with van der Waals surface area (Å²) in [7, 11) is 2.20. The van der Waals surface area contributed by atoms with Crippen LogP contribution in [0.25, 0.3) is 5.65 Å². The molecule has 28 heavy (non-hydrogen) atoms. The predicted octanol–water partition coefficient (Wildman–Crippen LogP) is 3.08. The number of ether oxygens (including phenoxy) is 1. The molecule has 0 radical (unpaired) electrons. The maximum atomic E-state index is 5.51. The van der Waals surface area contributed by atoms with Gasteiger partial charge in [-0.3, -0.25) is 14.3 Å². The zero-order chi connectivity index (χ0) is 18.9. The van der Waals surface area contributed by atoms with Gasteiger partial charge < -0.3 is 9.64 Å².